The molecule has 1 aromatic carbocycles. The van der Waals surface area contributed by atoms with Crippen molar-refractivity contribution in [1.82, 2.24) is 15.0 Å². The Morgan fingerprint density at radius 3 is 2.67 bits per heavy atom. The van der Waals surface area contributed by atoms with Gasteiger partial charge in [-0.15, -0.1) is 16.7 Å². The molecule has 0 radical (unpaired) electrons. The predicted octanol–water partition coefficient (Wildman–Crippen LogP) is 3.26. The van der Waals surface area contributed by atoms with Crippen molar-refractivity contribution in [3.8, 4) is 5.69 Å². The number of hydrogen-bond acceptors (Lipinski definition) is 2. The second kappa shape index (κ2) is 4.61. The van der Waals surface area contributed by atoms with Crippen LogP contribution in [0, 0.1) is 5.82 Å². The van der Waals surface area contributed by atoms with E-state index in [1.165, 1.54) is 16.9 Å². The number of alkyl halides is 3. The Balaban J connectivity index is 2.47. The predicted molar refractivity (Wildman–Crippen MR) is 60.4 cm³/mol. The lowest BCUT2D eigenvalue weighted by atomic mass is 10.1. The molecule has 96 valence electrons. The van der Waals surface area contributed by atoms with E-state index in [1.807, 2.05) is 0 Å². The van der Waals surface area contributed by atoms with Gasteiger partial charge >= 0.3 is 0 Å². The summed E-state index contributed by atoms with van der Waals surface area (Å²) < 4.78 is 40.9. The van der Waals surface area contributed by atoms with Gasteiger partial charge in [0.2, 0.25) is 0 Å². The lowest BCUT2D eigenvalue weighted by Gasteiger charge is -2.12. The van der Waals surface area contributed by atoms with Gasteiger partial charge in [-0.2, -0.15) is 0 Å². The molecule has 0 bridgehead atoms. The van der Waals surface area contributed by atoms with E-state index in [4.69, 9.17) is 11.6 Å². The van der Waals surface area contributed by atoms with Gasteiger partial charge in [-0.05, 0) is 18.2 Å². The zero-order valence-electron chi connectivity index (χ0n) is 9.37. The fraction of sp³-hybridized carbons (Fsp3) is 0.273. The molecular formula is C11H9ClF3N3. The third-order valence-electron chi connectivity index (χ3n) is 2.37. The van der Waals surface area contributed by atoms with Crippen LogP contribution in [0.15, 0.2) is 24.4 Å². The molecule has 3 nitrogen and oxygen atoms in total. The molecule has 2 rings (SSSR count). The molecule has 0 aliphatic rings. The van der Waals surface area contributed by atoms with Crippen molar-refractivity contribution in [3.63, 3.8) is 0 Å². The maximum Gasteiger partial charge on any atom is 0.273 e. The van der Waals surface area contributed by atoms with E-state index in [0.29, 0.717) is 18.3 Å². The molecule has 0 aliphatic heterocycles. The molecule has 0 saturated heterocycles. The zero-order valence-corrected chi connectivity index (χ0v) is 10.1. The summed E-state index contributed by atoms with van der Waals surface area (Å²) >= 11 is 5.56. The summed E-state index contributed by atoms with van der Waals surface area (Å²) in [5.41, 5.74) is 0.130. The van der Waals surface area contributed by atoms with Crippen molar-refractivity contribution in [2.45, 2.75) is 18.7 Å². The second-order valence-corrected chi connectivity index (χ2v) is 4.11. The molecule has 7 heteroatoms. The van der Waals surface area contributed by atoms with E-state index in [0.717, 1.165) is 12.1 Å². The maximum atomic E-state index is 13.3. The molecule has 0 aliphatic carbocycles. The molecule has 0 atom stereocenters. The largest absolute Gasteiger partial charge is 0.273 e. The fourth-order valence-electron chi connectivity index (χ4n) is 1.48. The number of aromatic nitrogens is 3. The van der Waals surface area contributed by atoms with Crippen LogP contribution in [0.3, 0.4) is 0 Å². The number of benzene rings is 1. The van der Waals surface area contributed by atoms with Crippen molar-refractivity contribution >= 4 is 11.6 Å². The summed E-state index contributed by atoms with van der Waals surface area (Å²) in [6.45, 7) is 0.640. The molecule has 0 spiro atoms. The highest BCUT2D eigenvalue weighted by Crippen LogP contribution is 2.30. The Hall–Kier alpha value is -1.56. The monoisotopic (exact) mass is 275 g/mol. The van der Waals surface area contributed by atoms with Gasteiger partial charge in [-0.25, -0.2) is 17.9 Å². The fourth-order valence-corrected chi connectivity index (χ4v) is 1.60. The Labute approximate surface area is 106 Å². The minimum atomic E-state index is -3.25. The molecule has 0 unspecified atom stereocenters. The normalized spacial score (nSPS) is 11.8. The minimum absolute atomic E-state index is 0.165. The molecule has 1 aromatic heterocycles. The summed E-state index contributed by atoms with van der Waals surface area (Å²) in [5, 5.41) is 7.45. The Kier molecular flexibility index (Phi) is 3.30. The first-order valence-corrected chi connectivity index (χ1v) is 5.60. The first kappa shape index (κ1) is 12.9. The lowest BCUT2D eigenvalue weighted by Crippen LogP contribution is -2.11. The lowest BCUT2D eigenvalue weighted by molar-refractivity contribution is 0.0137. The van der Waals surface area contributed by atoms with Crippen LogP contribution < -0.4 is 0 Å². The first-order chi connectivity index (χ1) is 8.41. The van der Waals surface area contributed by atoms with E-state index >= 15 is 0 Å². The number of halogens is 4. The Morgan fingerprint density at radius 1 is 1.39 bits per heavy atom. The minimum Gasteiger partial charge on any atom is -0.220 e. The van der Waals surface area contributed by atoms with Crippen LogP contribution in [0.4, 0.5) is 13.2 Å². The topological polar surface area (TPSA) is 30.7 Å². The molecule has 2 aromatic rings. The molecule has 1 heterocycles. The van der Waals surface area contributed by atoms with Crippen LogP contribution in [0.2, 0.25) is 0 Å². The van der Waals surface area contributed by atoms with Gasteiger partial charge in [0, 0.05) is 6.92 Å². The molecule has 0 saturated carbocycles. The average Bonchev–Trinajstić information content (AvgIpc) is 2.76. The van der Waals surface area contributed by atoms with Gasteiger partial charge in [-0.1, -0.05) is 5.21 Å². The van der Waals surface area contributed by atoms with Gasteiger partial charge in [0.15, 0.2) is 0 Å². The van der Waals surface area contributed by atoms with Crippen LogP contribution in [0.25, 0.3) is 5.69 Å². The van der Waals surface area contributed by atoms with E-state index in [2.05, 4.69) is 10.3 Å². The standard InChI is InChI=1S/C11H9ClF3N3/c1-11(14,15)9-4-8(2-3-10(9)13)18-6-7(5-12)16-17-18/h2-4,6H,5H2,1H3. The SMILES string of the molecule is CC(F)(F)c1cc(-n2cc(CCl)nn2)ccc1F. The molecule has 0 fully saturated rings. The van der Waals surface area contributed by atoms with E-state index in [-0.39, 0.29) is 5.88 Å². The zero-order chi connectivity index (χ0) is 13.3. The van der Waals surface area contributed by atoms with E-state index < -0.39 is 17.3 Å². The van der Waals surface area contributed by atoms with Crippen LogP contribution in [-0.4, -0.2) is 15.0 Å². The van der Waals surface area contributed by atoms with Crippen LogP contribution in [0.1, 0.15) is 18.2 Å². The number of nitrogens with zero attached hydrogens (tertiary/aromatic N) is 3. The van der Waals surface area contributed by atoms with E-state index in [9.17, 15) is 13.2 Å². The summed E-state index contributed by atoms with van der Waals surface area (Å²) in [6.07, 6.45) is 1.50. The number of rotatable bonds is 3. The highest BCUT2D eigenvalue weighted by molar-refractivity contribution is 6.16. The van der Waals surface area contributed by atoms with Crippen LogP contribution in [-0.2, 0) is 11.8 Å². The highest BCUT2D eigenvalue weighted by atomic mass is 35.5. The third kappa shape index (κ3) is 2.48. The van der Waals surface area contributed by atoms with Gasteiger partial charge in [0.1, 0.15) is 5.82 Å². The Morgan fingerprint density at radius 2 is 2.11 bits per heavy atom. The summed E-state index contributed by atoms with van der Waals surface area (Å²) in [4.78, 5) is 0. The van der Waals surface area contributed by atoms with Gasteiger partial charge in [0.05, 0.1) is 29.0 Å². The van der Waals surface area contributed by atoms with Crippen LogP contribution in [0.5, 0.6) is 0 Å². The Bertz CT molecular complexity index is 563. The van der Waals surface area contributed by atoms with Crippen LogP contribution >= 0.6 is 11.6 Å². The van der Waals surface area contributed by atoms with E-state index in [1.54, 1.807) is 0 Å². The summed E-state index contributed by atoms with van der Waals surface area (Å²) in [7, 11) is 0. The highest BCUT2D eigenvalue weighted by Gasteiger charge is 2.28. The van der Waals surface area contributed by atoms with Crippen molar-refractivity contribution < 1.29 is 13.2 Å². The second-order valence-electron chi connectivity index (χ2n) is 3.84. The van der Waals surface area contributed by atoms with Gasteiger partial charge in [-0.3, -0.25) is 0 Å². The summed E-state index contributed by atoms with van der Waals surface area (Å²) in [5.74, 6) is -4.04. The first-order valence-electron chi connectivity index (χ1n) is 5.07. The maximum absolute atomic E-state index is 13.3. The quantitative estimate of drug-likeness (QED) is 0.805. The van der Waals surface area contributed by atoms with Gasteiger partial charge in [0.25, 0.3) is 5.92 Å². The smallest absolute Gasteiger partial charge is 0.220 e. The third-order valence-corrected chi connectivity index (χ3v) is 2.64. The van der Waals surface area contributed by atoms with Crippen molar-refractivity contribution in [1.29, 1.82) is 0 Å². The number of hydrogen-bond donors (Lipinski definition) is 0. The summed E-state index contributed by atoms with van der Waals surface area (Å²) in [6, 6.07) is 3.36. The molecule has 18 heavy (non-hydrogen) atoms. The average molecular weight is 276 g/mol. The van der Waals surface area contributed by atoms with Crippen molar-refractivity contribution in [2.75, 3.05) is 0 Å². The van der Waals surface area contributed by atoms with Gasteiger partial charge < -0.3 is 0 Å². The molecule has 0 amide bonds. The van der Waals surface area contributed by atoms with Crippen molar-refractivity contribution in [3.05, 3.63) is 41.5 Å². The molecule has 0 N–H and O–H groups in total. The molecular weight excluding hydrogens is 267 g/mol. The van der Waals surface area contributed by atoms with Crippen molar-refractivity contribution in [2.24, 2.45) is 0 Å².